The number of hydrogen-bond acceptors (Lipinski definition) is 3. The average molecular weight is 330 g/mol. The van der Waals surface area contributed by atoms with Crippen molar-refractivity contribution in [2.75, 3.05) is 24.6 Å². The number of hydrogen-bond donors (Lipinski definition) is 1. The van der Waals surface area contributed by atoms with Crippen LogP contribution in [0.4, 0.5) is 5.69 Å². The molecule has 24 heavy (non-hydrogen) atoms. The van der Waals surface area contributed by atoms with Crippen LogP contribution < -0.4 is 10.2 Å². The number of anilines is 1. The van der Waals surface area contributed by atoms with E-state index in [4.69, 9.17) is 4.74 Å². The predicted octanol–water partition coefficient (Wildman–Crippen LogP) is 3.37. The first kappa shape index (κ1) is 17.4. The van der Waals surface area contributed by atoms with Gasteiger partial charge in [0.25, 0.3) is 0 Å². The van der Waals surface area contributed by atoms with Gasteiger partial charge in [0.1, 0.15) is 0 Å². The first-order valence-corrected chi connectivity index (χ1v) is 9.42. The predicted molar refractivity (Wildman–Crippen MR) is 97.2 cm³/mol. The number of carbonyl (C=O) groups excluding carboxylic acids is 1. The third-order valence-electron chi connectivity index (χ3n) is 5.68. The fourth-order valence-electron chi connectivity index (χ4n) is 4.16. The van der Waals surface area contributed by atoms with E-state index >= 15 is 0 Å². The zero-order chi connectivity index (χ0) is 17.0. The number of ether oxygens (including phenoxy) is 1. The number of benzene rings is 1. The van der Waals surface area contributed by atoms with Crippen LogP contribution in [0, 0.1) is 5.92 Å². The summed E-state index contributed by atoms with van der Waals surface area (Å²) in [7, 11) is 0. The van der Waals surface area contributed by atoms with Crippen molar-refractivity contribution in [3.05, 3.63) is 30.3 Å². The topological polar surface area (TPSA) is 41.6 Å². The molecular formula is C20H30N2O2. The standard InChI is InChI=1S/C20H30N2O2/c1-3-16(4-2)19(23)22(17-8-6-5-7-9-17)18-14-20(24-15-18)10-12-21-13-11-20/h5-9,16,18,21H,3-4,10-15H2,1-2H3/t18-/m0/s1. The zero-order valence-corrected chi connectivity index (χ0v) is 15.0. The molecule has 1 aromatic rings. The number of nitrogens with one attached hydrogen (secondary N) is 1. The van der Waals surface area contributed by atoms with Gasteiger partial charge in [-0.25, -0.2) is 0 Å². The maximum absolute atomic E-state index is 13.2. The lowest BCUT2D eigenvalue weighted by Crippen LogP contribution is -2.46. The maximum atomic E-state index is 13.2. The van der Waals surface area contributed by atoms with Crippen LogP contribution in [0.1, 0.15) is 46.0 Å². The van der Waals surface area contributed by atoms with Crippen molar-refractivity contribution in [1.82, 2.24) is 5.32 Å². The second-order valence-corrected chi connectivity index (χ2v) is 7.16. The van der Waals surface area contributed by atoms with Gasteiger partial charge in [-0.2, -0.15) is 0 Å². The summed E-state index contributed by atoms with van der Waals surface area (Å²) < 4.78 is 6.26. The molecule has 0 radical (unpaired) electrons. The lowest BCUT2D eigenvalue weighted by molar-refractivity contribution is -0.123. The summed E-state index contributed by atoms with van der Waals surface area (Å²) >= 11 is 0. The van der Waals surface area contributed by atoms with Gasteiger partial charge < -0.3 is 15.0 Å². The molecular weight excluding hydrogens is 300 g/mol. The highest BCUT2D eigenvalue weighted by molar-refractivity contribution is 5.95. The Morgan fingerprint density at radius 1 is 1.25 bits per heavy atom. The normalized spacial score (nSPS) is 22.9. The molecule has 2 aliphatic heterocycles. The van der Waals surface area contributed by atoms with E-state index in [0.29, 0.717) is 6.61 Å². The van der Waals surface area contributed by atoms with Crippen molar-refractivity contribution in [2.24, 2.45) is 5.92 Å². The summed E-state index contributed by atoms with van der Waals surface area (Å²) in [5, 5.41) is 3.41. The Bertz CT molecular complexity index is 536. The Balaban J connectivity index is 1.84. The number of nitrogens with zero attached hydrogens (tertiary/aromatic N) is 1. The average Bonchev–Trinajstić information content (AvgIpc) is 3.01. The Hall–Kier alpha value is -1.39. The lowest BCUT2D eigenvalue weighted by Gasteiger charge is -2.35. The van der Waals surface area contributed by atoms with E-state index < -0.39 is 0 Å². The molecule has 0 bridgehead atoms. The first-order valence-electron chi connectivity index (χ1n) is 9.42. The number of carbonyl (C=O) groups is 1. The van der Waals surface area contributed by atoms with Crippen LogP contribution >= 0.6 is 0 Å². The second-order valence-electron chi connectivity index (χ2n) is 7.16. The van der Waals surface area contributed by atoms with E-state index in [2.05, 4.69) is 19.2 Å². The van der Waals surface area contributed by atoms with Gasteiger partial charge in [0.15, 0.2) is 0 Å². The smallest absolute Gasteiger partial charge is 0.230 e. The van der Waals surface area contributed by atoms with Crippen molar-refractivity contribution in [3.63, 3.8) is 0 Å². The van der Waals surface area contributed by atoms with Crippen molar-refractivity contribution < 1.29 is 9.53 Å². The van der Waals surface area contributed by atoms with Crippen molar-refractivity contribution in [2.45, 2.75) is 57.6 Å². The fraction of sp³-hybridized carbons (Fsp3) is 0.650. The molecule has 1 atom stereocenters. The summed E-state index contributed by atoms with van der Waals surface area (Å²) in [5.41, 5.74) is 0.978. The summed E-state index contributed by atoms with van der Waals surface area (Å²) in [6.07, 6.45) is 4.83. The summed E-state index contributed by atoms with van der Waals surface area (Å²) in [5.74, 6) is 0.348. The molecule has 4 nitrogen and oxygen atoms in total. The summed E-state index contributed by atoms with van der Waals surface area (Å²) in [6.45, 7) is 6.89. The van der Waals surface area contributed by atoms with E-state index in [-0.39, 0.29) is 23.5 Å². The van der Waals surface area contributed by atoms with Gasteiger partial charge in [-0.15, -0.1) is 0 Å². The van der Waals surface area contributed by atoms with Crippen LogP contribution in [0.15, 0.2) is 30.3 Å². The molecule has 2 aliphatic rings. The molecule has 0 aliphatic carbocycles. The Labute approximate surface area is 145 Å². The first-order chi connectivity index (χ1) is 11.7. The van der Waals surface area contributed by atoms with Crippen molar-refractivity contribution in [1.29, 1.82) is 0 Å². The monoisotopic (exact) mass is 330 g/mol. The minimum Gasteiger partial charge on any atom is -0.373 e. The van der Waals surface area contributed by atoms with E-state index in [1.807, 2.05) is 35.2 Å². The van der Waals surface area contributed by atoms with E-state index in [9.17, 15) is 4.79 Å². The molecule has 2 fully saturated rings. The highest BCUT2D eigenvalue weighted by atomic mass is 16.5. The highest BCUT2D eigenvalue weighted by Gasteiger charge is 2.45. The van der Waals surface area contributed by atoms with Gasteiger partial charge in [0.2, 0.25) is 5.91 Å². The minimum absolute atomic E-state index is 0.0306. The molecule has 0 aromatic heterocycles. The van der Waals surface area contributed by atoms with Gasteiger partial charge in [-0.1, -0.05) is 32.0 Å². The van der Waals surface area contributed by atoms with Crippen molar-refractivity contribution in [3.8, 4) is 0 Å². The van der Waals surface area contributed by atoms with E-state index in [1.54, 1.807) is 0 Å². The van der Waals surface area contributed by atoms with Crippen LogP contribution in [0.5, 0.6) is 0 Å². The Morgan fingerprint density at radius 2 is 1.92 bits per heavy atom. The molecule has 3 rings (SSSR count). The van der Waals surface area contributed by atoms with Gasteiger partial charge in [0.05, 0.1) is 18.2 Å². The van der Waals surface area contributed by atoms with E-state index in [0.717, 1.165) is 50.9 Å². The molecule has 1 N–H and O–H groups in total. The Kier molecular flexibility index (Phi) is 5.57. The number of amides is 1. The minimum atomic E-state index is -0.0306. The van der Waals surface area contributed by atoms with Crippen LogP contribution in [-0.2, 0) is 9.53 Å². The molecule has 1 aromatic carbocycles. The zero-order valence-electron chi connectivity index (χ0n) is 15.0. The van der Waals surface area contributed by atoms with Crippen LogP contribution in [0.25, 0.3) is 0 Å². The summed E-state index contributed by atoms with van der Waals surface area (Å²) in [4.78, 5) is 15.3. The third-order valence-corrected chi connectivity index (χ3v) is 5.68. The molecule has 2 heterocycles. The highest BCUT2D eigenvalue weighted by Crippen LogP contribution is 2.38. The van der Waals surface area contributed by atoms with Crippen LogP contribution in [0.3, 0.4) is 0 Å². The van der Waals surface area contributed by atoms with Gasteiger partial charge in [-0.05, 0) is 57.3 Å². The van der Waals surface area contributed by atoms with Gasteiger partial charge in [-0.3, -0.25) is 4.79 Å². The quantitative estimate of drug-likeness (QED) is 0.900. The largest absolute Gasteiger partial charge is 0.373 e. The molecule has 0 saturated carbocycles. The molecule has 1 amide bonds. The van der Waals surface area contributed by atoms with Crippen LogP contribution in [0.2, 0.25) is 0 Å². The third kappa shape index (κ3) is 3.50. The molecule has 1 spiro atoms. The number of piperidine rings is 1. The lowest BCUT2D eigenvalue weighted by atomic mass is 9.87. The molecule has 2 saturated heterocycles. The van der Waals surface area contributed by atoms with E-state index in [1.165, 1.54) is 0 Å². The van der Waals surface area contributed by atoms with Gasteiger partial charge >= 0.3 is 0 Å². The molecule has 0 unspecified atom stereocenters. The second kappa shape index (κ2) is 7.66. The van der Waals surface area contributed by atoms with Gasteiger partial charge in [0, 0.05) is 11.6 Å². The summed E-state index contributed by atoms with van der Waals surface area (Å²) in [6, 6.07) is 10.3. The number of para-hydroxylation sites is 1. The fourth-order valence-corrected chi connectivity index (χ4v) is 4.16. The number of rotatable bonds is 5. The molecule has 132 valence electrons. The Morgan fingerprint density at radius 3 is 2.54 bits per heavy atom. The SMILES string of the molecule is CCC(CC)C(=O)N(c1ccccc1)[C@@H]1COC2(CCNCC2)C1. The van der Waals surface area contributed by atoms with Crippen LogP contribution in [-0.4, -0.2) is 37.2 Å². The van der Waals surface area contributed by atoms with Crippen molar-refractivity contribution >= 4 is 11.6 Å². The molecule has 4 heteroatoms. The maximum Gasteiger partial charge on any atom is 0.230 e.